The molecule has 0 aromatic heterocycles. The first-order chi connectivity index (χ1) is 10.6. The summed E-state index contributed by atoms with van der Waals surface area (Å²) in [5.41, 5.74) is 6.72. The minimum absolute atomic E-state index is 0.207. The van der Waals surface area contributed by atoms with Crippen LogP contribution in [0.15, 0.2) is 29.3 Å². The molecule has 1 saturated heterocycles. The van der Waals surface area contributed by atoms with Gasteiger partial charge in [0.05, 0.1) is 0 Å². The molecule has 22 heavy (non-hydrogen) atoms. The van der Waals surface area contributed by atoms with Crippen LogP contribution in [0.5, 0.6) is 5.75 Å². The summed E-state index contributed by atoms with van der Waals surface area (Å²) in [5, 5.41) is 0. The molecule has 1 aliphatic rings. The van der Waals surface area contributed by atoms with E-state index >= 15 is 0 Å². The summed E-state index contributed by atoms with van der Waals surface area (Å²) in [6.45, 7) is 1.75. The van der Waals surface area contributed by atoms with Crippen LogP contribution >= 0.6 is 0 Å². The van der Waals surface area contributed by atoms with E-state index in [4.69, 9.17) is 5.73 Å². The number of ether oxygens (including phenoxy) is 1. The van der Waals surface area contributed by atoms with E-state index in [2.05, 4.69) is 21.6 Å². The predicted molar refractivity (Wildman–Crippen MR) is 83.2 cm³/mol. The van der Waals surface area contributed by atoms with Crippen molar-refractivity contribution in [2.24, 2.45) is 16.6 Å². The molecule has 0 bridgehead atoms. The second kappa shape index (κ2) is 7.96. The smallest absolute Gasteiger partial charge is 0.387 e. The Morgan fingerprint density at radius 3 is 2.73 bits per heavy atom. The molecule has 0 atom stereocenters. The van der Waals surface area contributed by atoms with Crippen molar-refractivity contribution in [1.29, 1.82) is 0 Å². The fraction of sp³-hybridized carbons (Fsp3) is 0.562. The molecule has 2 N–H and O–H groups in total. The van der Waals surface area contributed by atoms with Gasteiger partial charge >= 0.3 is 6.61 Å². The summed E-state index contributed by atoms with van der Waals surface area (Å²) in [6.07, 6.45) is 2.77. The highest BCUT2D eigenvalue weighted by atomic mass is 19.3. The molecule has 122 valence electrons. The summed E-state index contributed by atoms with van der Waals surface area (Å²) in [6, 6.07) is 6.78. The highest BCUT2D eigenvalue weighted by Gasteiger charge is 2.16. The highest BCUT2D eigenvalue weighted by Crippen LogP contribution is 2.21. The maximum Gasteiger partial charge on any atom is 0.387 e. The van der Waals surface area contributed by atoms with Gasteiger partial charge in [0, 0.05) is 19.6 Å². The number of rotatable bonds is 5. The molecule has 0 amide bonds. The third kappa shape index (κ3) is 4.86. The Hall–Kier alpha value is -1.85. The Kier molecular flexibility index (Phi) is 5.98. The molecule has 4 nitrogen and oxygen atoms in total. The second-order valence-corrected chi connectivity index (χ2v) is 5.65. The Balaban J connectivity index is 1.89. The van der Waals surface area contributed by atoms with E-state index in [-0.39, 0.29) is 5.75 Å². The summed E-state index contributed by atoms with van der Waals surface area (Å²) < 4.78 is 29.2. The van der Waals surface area contributed by atoms with Crippen molar-refractivity contribution < 1.29 is 13.5 Å². The third-order valence-electron chi connectivity index (χ3n) is 3.95. The van der Waals surface area contributed by atoms with Gasteiger partial charge in [0.1, 0.15) is 5.75 Å². The Bertz CT molecular complexity index is 500. The molecular weight excluding hydrogens is 288 g/mol. The molecule has 1 fully saturated rings. The van der Waals surface area contributed by atoms with Gasteiger partial charge in [-0.05, 0) is 36.8 Å². The first kappa shape index (κ1) is 16.5. The van der Waals surface area contributed by atoms with Crippen molar-refractivity contribution in [3.8, 4) is 5.75 Å². The Labute approximate surface area is 130 Å². The zero-order valence-corrected chi connectivity index (χ0v) is 12.8. The van der Waals surface area contributed by atoms with E-state index in [0.717, 1.165) is 31.8 Å². The summed E-state index contributed by atoms with van der Waals surface area (Å²) >= 11 is 0. The zero-order chi connectivity index (χ0) is 15.9. The van der Waals surface area contributed by atoms with Crippen LogP contribution in [0, 0.1) is 5.92 Å². The number of piperidine rings is 1. The van der Waals surface area contributed by atoms with Crippen LogP contribution in [0.4, 0.5) is 8.78 Å². The number of nitrogens with zero attached hydrogens (tertiary/aromatic N) is 2. The molecule has 0 radical (unpaired) electrons. The van der Waals surface area contributed by atoms with Gasteiger partial charge in [0.2, 0.25) is 0 Å². The van der Waals surface area contributed by atoms with Crippen LogP contribution in [0.25, 0.3) is 0 Å². The maximum absolute atomic E-state index is 12.3. The lowest BCUT2D eigenvalue weighted by Crippen LogP contribution is -2.42. The topological polar surface area (TPSA) is 50.8 Å². The van der Waals surface area contributed by atoms with Crippen molar-refractivity contribution in [3.63, 3.8) is 0 Å². The van der Waals surface area contributed by atoms with Crippen LogP contribution in [-0.2, 0) is 6.42 Å². The number of hydrogen-bond donors (Lipinski definition) is 1. The second-order valence-electron chi connectivity index (χ2n) is 5.65. The number of hydrogen-bond acceptors (Lipinski definition) is 2. The first-order valence-corrected chi connectivity index (χ1v) is 7.64. The lowest BCUT2D eigenvalue weighted by Gasteiger charge is -2.31. The molecule has 0 spiro atoms. The molecular formula is C16H23F2N3O. The van der Waals surface area contributed by atoms with Crippen molar-refractivity contribution in [1.82, 2.24) is 4.90 Å². The fourth-order valence-corrected chi connectivity index (χ4v) is 2.55. The van der Waals surface area contributed by atoms with Gasteiger partial charge in [-0.25, -0.2) is 0 Å². The average Bonchev–Trinajstić information content (AvgIpc) is 2.49. The molecule has 2 rings (SSSR count). The fourth-order valence-electron chi connectivity index (χ4n) is 2.55. The number of aliphatic imine (C=N–C) groups is 1. The van der Waals surface area contributed by atoms with E-state index in [0.29, 0.717) is 24.5 Å². The Morgan fingerprint density at radius 1 is 1.36 bits per heavy atom. The van der Waals surface area contributed by atoms with E-state index < -0.39 is 6.61 Å². The van der Waals surface area contributed by atoms with Gasteiger partial charge in [0.25, 0.3) is 0 Å². The van der Waals surface area contributed by atoms with Gasteiger partial charge in [-0.15, -0.1) is 0 Å². The minimum atomic E-state index is -2.81. The molecule has 1 aromatic rings. The first-order valence-electron chi connectivity index (χ1n) is 7.64. The van der Waals surface area contributed by atoms with E-state index in [1.165, 1.54) is 0 Å². The lowest BCUT2D eigenvalue weighted by molar-refractivity contribution is -0.0504. The molecule has 0 saturated carbocycles. The van der Waals surface area contributed by atoms with E-state index in [1.54, 1.807) is 24.3 Å². The van der Waals surface area contributed by atoms with Gasteiger partial charge in [0.15, 0.2) is 5.96 Å². The van der Waals surface area contributed by atoms with Gasteiger partial charge in [-0.3, -0.25) is 4.99 Å². The third-order valence-corrected chi connectivity index (χ3v) is 3.95. The number of likely N-dealkylation sites (tertiary alicyclic amines) is 1. The average molecular weight is 311 g/mol. The van der Waals surface area contributed by atoms with Crippen molar-refractivity contribution >= 4 is 5.96 Å². The number of nitrogens with two attached hydrogens (primary N) is 1. The largest absolute Gasteiger partial charge is 0.435 e. The summed E-state index contributed by atoms with van der Waals surface area (Å²) in [5.74, 6) is 1.49. The molecule has 1 aromatic carbocycles. The number of para-hydroxylation sites is 1. The maximum atomic E-state index is 12.3. The lowest BCUT2D eigenvalue weighted by atomic mass is 10.00. The van der Waals surface area contributed by atoms with Crippen molar-refractivity contribution in [2.45, 2.75) is 32.8 Å². The standard InChI is InChI=1S/C16H23F2N3O/c1-12-7-10-21(11-8-12)16(19)20-9-6-13-4-2-3-5-14(13)22-15(17)18/h2-5,12,15H,6-11H2,1H3,(H2,19,20). The zero-order valence-electron chi connectivity index (χ0n) is 12.8. The molecule has 1 aliphatic heterocycles. The predicted octanol–water partition coefficient (Wildman–Crippen LogP) is 2.88. The Morgan fingerprint density at radius 2 is 2.05 bits per heavy atom. The normalized spacial score (nSPS) is 17.1. The molecule has 1 heterocycles. The highest BCUT2D eigenvalue weighted by molar-refractivity contribution is 5.78. The SMILES string of the molecule is CC1CCN(C(N)=NCCc2ccccc2OC(F)F)CC1. The van der Waals surface area contributed by atoms with Crippen LogP contribution in [0.2, 0.25) is 0 Å². The number of alkyl halides is 2. The van der Waals surface area contributed by atoms with Crippen LogP contribution in [0.3, 0.4) is 0 Å². The van der Waals surface area contributed by atoms with E-state index in [9.17, 15) is 8.78 Å². The van der Waals surface area contributed by atoms with Gasteiger partial charge < -0.3 is 15.4 Å². The van der Waals surface area contributed by atoms with Crippen LogP contribution in [0.1, 0.15) is 25.3 Å². The summed E-state index contributed by atoms with van der Waals surface area (Å²) in [4.78, 5) is 6.45. The molecule has 0 unspecified atom stereocenters. The minimum Gasteiger partial charge on any atom is -0.435 e. The quantitative estimate of drug-likeness (QED) is 0.672. The number of halogens is 2. The van der Waals surface area contributed by atoms with Gasteiger partial charge in [-0.2, -0.15) is 8.78 Å². The van der Waals surface area contributed by atoms with Gasteiger partial charge in [-0.1, -0.05) is 25.1 Å². The monoisotopic (exact) mass is 311 g/mol. The van der Waals surface area contributed by atoms with Crippen molar-refractivity contribution in [3.05, 3.63) is 29.8 Å². The van der Waals surface area contributed by atoms with Crippen LogP contribution in [-0.4, -0.2) is 37.1 Å². The van der Waals surface area contributed by atoms with Crippen molar-refractivity contribution in [2.75, 3.05) is 19.6 Å². The molecule has 6 heteroatoms. The number of benzene rings is 1. The summed E-state index contributed by atoms with van der Waals surface area (Å²) in [7, 11) is 0. The number of guanidine groups is 1. The van der Waals surface area contributed by atoms with E-state index in [1.807, 2.05) is 0 Å². The van der Waals surface area contributed by atoms with Crippen LogP contribution < -0.4 is 10.5 Å². The molecule has 0 aliphatic carbocycles.